The Hall–Kier alpha value is -5.17. The van der Waals surface area contributed by atoms with Gasteiger partial charge in [0, 0.05) is 30.5 Å². The molecular weight excluding hydrogens is 608 g/mol. The third-order valence-electron chi connectivity index (χ3n) is 10.0. The van der Waals surface area contributed by atoms with E-state index in [4.69, 9.17) is 24.4 Å². The SMILES string of the molecule is Cc1nc(Nc2cccc(-c3cccc(-c4nc5cc(CN6CCCC6)cc(C#N)c5o4)c3C)c2C)c2ncc(CN3CCCC3)cc2n1. The van der Waals surface area contributed by atoms with Gasteiger partial charge in [-0.05, 0) is 136 Å². The molecule has 0 radical (unpaired) electrons. The number of aromatic nitrogens is 4. The van der Waals surface area contributed by atoms with Crippen molar-refractivity contribution in [3.63, 3.8) is 0 Å². The van der Waals surface area contributed by atoms with Crippen molar-refractivity contribution < 1.29 is 4.42 Å². The van der Waals surface area contributed by atoms with Crippen LogP contribution in [0.4, 0.5) is 11.5 Å². The van der Waals surface area contributed by atoms with Crippen molar-refractivity contribution in [1.82, 2.24) is 29.7 Å². The molecule has 0 unspecified atom stereocenters. The van der Waals surface area contributed by atoms with Gasteiger partial charge in [-0.3, -0.25) is 14.8 Å². The first kappa shape index (κ1) is 31.1. The molecule has 246 valence electrons. The van der Waals surface area contributed by atoms with Crippen LogP contribution in [0.2, 0.25) is 0 Å². The predicted molar refractivity (Wildman–Crippen MR) is 193 cm³/mol. The fraction of sp³-hybridized carbons (Fsp3) is 0.325. The van der Waals surface area contributed by atoms with E-state index in [1.165, 1.54) is 31.2 Å². The zero-order valence-electron chi connectivity index (χ0n) is 28.4. The Bertz CT molecular complexity index is 2240. The summed E-state index contributed by atoms with van der Waals surface area (Å²) < 4.78 is 6.32. The van der Waals surface area contributed by atoms with Gasteiger partial charge >= 0.3 is 0 Å². The van der Waals surface area contributed by atoms with Gasteiger partial charge in [-0.1, -0.05) is 24.3 Å². The second kappa shape index (κ2) is 13.0. The van der Waals surface area contributed by atoms with Crippen LogP contribution in [-0.2, 0) is 13.1 Å². The molecule has 8 rings (SSSR count). The van der Waals surface area contributed by atoms with Crippen LogP contribution in [0.15, 0.2) is 65.2 Å². The first-order valence-corrected chi connectivity index (χ1v) is 17.3. The number of oxazole rings is 1. The van der Waals surface area contributed by atoms with Crippen LogP contribution < -0.4 is 5.32 Å². The summed E-state index contributed by atoms with van der Waals surface area (Å²) in [5, 5.41) is 13.6. The lowest BCUT2D eigenvalue weighted by Gasteiger charge is -2.17. The number of anilines is 2. The average molecular weight is 649 g/mol. The number of hydrogen-bond donors (Lipinski definition) is 1. The minimum absolute atomic E-state index is 0.522. The minimum Gasteiger partial charge on any atom is -0.435 e. The van der Waals surface area contributed by atoms with Crippen molar-refractivity contribution in [3.8, 4) is 28.7 Å². The molecule has 3 aromatic carbocycles. The lowest BCUT2D eigenvalue weighted by Crippen LogP contribution is -2.18. The number of likely N-dealkylation sites (tertiary alicyclic amines) is 2. The predicted octanol–water partition coefficient (Wildman–Crippen LogP) is 8.23. The van der Waals surface area contributed by atoms with Crippen LogP contribution in [0.1, 0.15) is 59.3 Å². The van der Waals surface area contributed by atoms with E-state index in [1.807, 2.05) is 31.3 Å². The highest BCUT2D eigenvalue weighted by molar-refractivity contribution is 5.89. The number of nitriles is 1. The summed E-state index contributed by atoms with van der Waals surface area (Å²) in [5.41, 5.74) is 11.9. The highest BCUT2D eigenvalue weighted by atomic mass is 16.3. The van der Waals surface area contributed by atoms with Crippen molar-refractivity contribution in [2.75, 3.05) is 31.5 Å². The maximum Gasteiger partial charge on any atom is 0.227 e. The molecule has 0 aliphatic carbocycles. The van der Waals surface area contributed by atoms with Gasteiger partial charge in [0.15, 0.2) is 11.4 Å². The van der Waals surface area contributed by atoms with Gasteiger partial charge in [0.05, 0.1) is 11.1 Å². The zero-order chi connectivity index (χ0) is 33.5. The summed E-state index contributed by atoms with van der Waals surface area (Å²) in [6.07, 6.45) is 6.94. The first-order chi connectivity index (χ1) is 23.9. The van der Waals surface area contributed by atoms with Crippen molar-refractivity contribution in [2.45, 2.75) is 59.5 Å². The Kier molecular flexibility index (Phi) is 8.28. The number of nitrogens with zero attached hydrogens (tertiary/aromatic N) is 7. The molecule has 2 saturated heterocycles. The van der Waals surface area contributed by atoms with Crippen LogP contribution in [0.5, 0.6) is 0 Å². The maximum absolute atomic E-state index is 9.98. The fourth-order valence-corrected chi connectivity index (χ4v) is 7.48. The Morgan fingerprint density at radius 1 is 0.755 bits per heavy atom. The Labute approximate surface area is 286 Å². The molecule has 9 nitrogen and oxygen atoms in total. The lowest BCUT2D eigenvalue weighted by atomic mass is 9.93. The van der Waals surface area contributed by atoms with Gasteiger partial charge in [-0.15, -0.1) is 0 Å². The van der Waals surface area contributed by atoms with E-state index in [9.17, 15) is 5.26 Å². The van der Waals surface area contributed by atoms with E-state index in [2.05, 4.69) is 71.4 Å². The highest BCUT2D eigenvalue weighted by Gasteiger charge is 2.20. The number of fused-ring (bicyclic) bond motifs is 2. The van der Waals surface area contributed by atoms with Crippen LogP contribution in [0, 0.1) is 32.1 Å². The van der Waals surface area contributed by atoms with Gasteiger partial charge in [0.25, 0.3) is 0 Å². The maximum atomic E-state index is 9.98. The van der Waals surface area contributed by atoms with E-state index >= 15 is 0 Å². The molecule has 49 heavy (non-hydrogen) atoms. The smallest absolute Gasteiger partial charge is 0.227 e. The number of nitrogens with one attached hydrogen (secondary N) is 1. The average Bonchev–Trinajstić information content (AvgIpc) is 3.89. The second-order valence-corrected chi connectivity index (χ2v) is 13.5. The Morgan fingerprint density at radius 3 is 2.14 bits per heavy atom. The summed E-state index contributed by atoms with van der Waals surface area (Å²) in [5.74, 6) is 1.92. The molecule has 2 aliphatic rings. The van der Waals surface area contributed by atoms with Crippen LogP contribution in [-0.4, -0.2) is 55.9 Å². The standard InChI is InChI=1S/C40H40N8O/c1-25-31(10-8-12-33(25)40-46-36-19-28(23-47-14-4-5-15-47)18-30(21-41)38(36)49-40)32-11-9-13-34(26(32)2)45-39-37-35(43-27(3)44-39)20-29(22-42-37)24-48-16-6-7-17-48/h8-13,18-20,22H,4-7,14-17,23-24H2,1-3H3,(H,43,44,45). The molecule has 6 aromatic rings. The van der Waals surface area contributed by atoms with Crippen LogP contribution >= 0.6 is 0 Å². The molecule has 0 saturated carbocycles. The van der Waals surface area contributed by atoms with Gasteiger partial charge in [-0.25, -0.2) is 15.0 Å². The molecule has 0 spiro atoms. The second-order valence-electron chi connectivity index (χ2n) is 13.5. The van der Waals surface area contributed by atoms with Gasteiger partial charge in [-0.2, -0.15) is 5.26 Å². The molecule has 0 bridgehead atoms. The minimum atomic E-state index is 0.522. The third kappa shape index (κ3) is 6.14. The van der Waals surface area contributed by atoms with E-state index in [-0.39, 0.29) is 0 Å². The van der Waals surface area contributed by atoms with Crippen molar-refractivity contribution >= 4 is 33.6 Å². The summed E-state index contributed by atoms with van der Waals surface area (Å²) in [6.45, 7) is 12.4. The molecular formula is C40H40N8O. The number of benzene rings is 3. The molecule has 3 aromatic heterocycles. The molecule has 2 fully saturated rings. The molecule has 0 atom stereocenters. The lowest BCUT2D eigenvalue weighted by molar-refractivity contribution is 0.331. The molecule has 5 heterocycles. The van der Waals surface area contributed by atoms with Crippen molar-refractivity contribution in [2.24, 2.45) is 0 Å². The zero-order valence-corrected chi connectivity index (χ0v) is 28.4. The molecule has 0 amide bonds. The van der Waals surface area contributed by atoms with E-state index in [0.717, 1.165) is 94.9 Å². The quantitative estimate of drug-likeness (QED) is 0.175. The summed E-state index contributed by atoms with van der Waals surface area (Å²) >= 11 is 0. The number of rotatable bonds is 8. The largest absolute Gasteiger partial charge is 0.435 e. The Morgan fingerprint density at radius 2 is 1.41 bits per heavy atom. The number of hydrogen-bond acceptors (Lipinski definition) is 9. The van der Waals surface area contributed by atoms with E-state index in [1.54, 1.807) is 0 Å². The van der Waals surface area contributed by atoms with E-state index in [0.29, 0.717) is 28.7 Å². The number of pyridine rings is 1. The topological polar surface area (TPSA) is 107 Å². The normalized spacial score (nSPS) is 15.4. The monoisotopic (exact) mass is 648 g/mol. The highest BCUT2D eigenvalue weighted by Crippen LogP contribution is 2.38. The van der Waals surface area contributed by atoms with Crippen molar-refractivity contribution in [1.29, 1.82) is 5.26 Å². The van der Waals surface area contributed by atoms with Gasteiger partial charge in [0.2, 0.25) is 5.89 Å². The van der Waals surface area contributed by atoms with Crippen molar-refractivity contribution in [3.05, 3.63) is 94.4 Å². The van der Waals surface area contributed by atoms with E-state index < -0.39 is 0 Å². The number of aryl methyl sites for hydroxylation is 1. The summed E-state index contributed by atoms with van der Waals surface area (Å²) in [7, 11) is 0. The molecule has 2 aliphatic heterocycles. The fourth-order valence-electron chi connectivity index (χ4n) is 7.48. The van der Waals surface area contributed by atoms with Gasteiger partial charge in [0.1, 0.15) is 22.9 Å². The Balaban J connectivity index is 1.11. The van der Waals surface area contributed by atoms with Crippen LogP contribution in [0.3, 0.4) is 0 Å². The third-order valence-corrected chi connectivity index (χ3v) is 10.0. The molecule has 9 heteroatoms. The molecule has 1 N–H and O–H groups in total. The van der Waals surface area contributed by atoms with Crippen LogP contribution in [0.25, 0.3) is 44.7 Å². The summed E-state index contributed by atoms with van der Waals surface area (Å²) in [6, 6.07) is 21.0. The first-order valence-electron chi connectivity index (χ1n) is 17.3. The summed E-state index contributed by atoms with van der Waals surface area (Å²) in [4.78, 5) is 24.2. The van der Waals surface area contributed by atoms with Gasteiger partial charge < -0.3 is 9.73 Å².